The number of aryl methyl sites for hydroxylation is 2. The molecule has 0 fully saturated rings. The molecule has 152 valence electrons. The Balaban J connectivity index is 1.57. The summed E-state index contributed by atoms with van der Waals surface area (Å²) in [5, 5.41) is 3.32. The first kappa shape index (κ1) is 19.7. The SMILES string of the molecule is O=C(CSc1nc2sc3c(c2c(=O)n1Cc1ccccc1)CCCC3)c1cccs1. The number of carbonyl (C=O) groups is 1. The lowest BCUT2D eigenvalue weighted by atomic mass is 9.97. The van der Waals surface area contributed by atoms with E-state index in [1.54, 1.807) is 15.9 Å². The Hall–Kier alpha value is -2.22. The Kier molecular flexibility index (Phi) is 5.58. The second-order valence-electron chi connectivity index (χ2n) is 7.35. The zero-order chi connectivity index (χ0) is 20.5. The van der Waals surface area contributed by atoms with Crippen molar-refractivity contribution in [1.82, 2.24) is 9.55 Å². The summed E-state index contributed by atoms with van der Waals surface area (Å²) < 4.78 is 1.76. The monoisotopic (exact) mass is 452 g/mol. The van der Waals surface area contributed by atoms with Crippen LogP contribution in [0.3, 0.4) is 0 Å². The number of aromatic nitrogens is 2. The molecule has 30 heavy (non-hydrogen) atoms. The van der Waals surface area contributed by atoms with E-state index in [1.807, 2.05) is 47.8 Å². The van der Waals surface area contributed by atoms with Crippen LogP contribution in [-0.4, -0.2) is 21.1 Å². The van der Waals surface area contributed by atoms with Crippen LogP contribution in [0, 0.1) is 0 Å². The first-order valence-electron chi connectivity index (χ1n) is 9.99. The van der Waals surface area contributed by atoms with Gasteiger partial charge in [-0.1, -0.05) is 48.2 Å². The van der Waals surface area contributed by atoms with Crippen LogP contribution in [-0.2, 0) is 19.4 Å². The second kappa shape index (κ2) is 8.49. The van der Waals surface area contributed by atoms with Crippen molar-refractivity contribution in [2.24, 2.45) is 0 Å². The van der Waals surface area contributed by atoms with Gasteiger partial charge in [-0.05, 0) is 48.3 Å². The van der Waals surface area contributed by atoms with Crippen molar-refractivity contribution in [3.05, 3.63) is 79.1 Å². The molecule has 0 unspecified atom stereocenters. The average Bonchev–Trinajstić information content (AvgIpc) is 3.43. The smallest absolute Gasteiger partial charge is 0.263 e. The van der Waals surface area contributed by atoms with Gasteiger partial charge in [0.15, 0.2) is 10.9 Å². The summed E-state index contributed by atoms with van der Waals surface area (Å²) in [6.45, 7) is 0.461. The molecule has 0 atom stereocenters. The van der Waals surface area contributed by atoms with E-state index in [0.717, 1.165) is 39.9 Å². The quantitative estimate of drug-likeness (QED) is 0.223. The Morgan fingerprint density at radius 3 is 2.73 bits per heavy atom. The van der Waals surface area contributed by atoms with Crippen molar-refractivity contribution >= 4 is 50.4 Å². The molecule has 0 saturated carbocycles. The highest BCUT2D eigenvalue weighted by Gasteiger charge is 2.23. The number of thioether (sulfide) groups is 1. The molecule has 0 N–H and O–H groups in total. The lowest BCUT2D eigenvalue weighted by Gasteiger charge is -2.13. The topological polar surface area (TPSA) is 52.0 Å². The van der Waals surface area contributed by atoms with E-state index in [1.165, 1.54) is 40.0 Å². The molecule has 0 spiro atoms. The van der Waals surface area contributed by atoms with Gasteiger partial charge in [0.1, 0.15) is 4.83 Å². The fraction of sp³-hybridized carbons (Fsp3) is 0.261. The molecule has 1 aliphatic rings. The largest absolute Gasteiger partial charge is 0.292 e. The number of hydrogen-bond donors (Lipinski definition) is 0. The molecular weight excluding hydrogens is 432 g/mol. The number of rotatable bonds is 6. The van der Waals surface area contributed by atoms with Crippen molar-refractivity contribution in [3.63, 3.8) is 0 Å². The highest BCUT2D eigenvalue weighted by molar-refractivity contribution is 7.99. The molecule has 3 heterocycles. The van der Waals surface area contributed by atoms with E-state index in [4.69, 9.17) is 4.98 Å². The van der Waals surface area contributed by atoms with Crippen LogP contribution < -0.4 is 5.56 Å². The van der Waals surface area contributed by atoms with E-state index >= 15 is 0 Å². The maximum Gasteiger partial charge on any atom is 0.263 e. The fourth-order valence-corrected chi connectivity index (χ4v) is 6.81. The third-order valence-corrected chi connectivity index (χ3v) is 8.42. The Morgan fingerprint density at radius 1 is 1.10 bits per heavy atom. The first-order chi connectivity index (χ1) is 14.7. The highest BCUT2D eigenvalue weighted by atomic mass is 32.2. The van der Waals surface area contributed by atoms with Gasteiger partial charge in [-0.3, -0.25) is 14.2 Å². The van der Waals surface area contributed by atoms with E-state index in [0.29, 0.717) is 11.7 Å². The number of hydrogen-bond acceptors (Lipinski definition) is 6. The van der Waals surface area contributed by atoms with Crippen LogP contribution in [0.1, 0.15) is 38.5 Å². The molecule has 0 bridgehead atoms. The number of ketones is 1. The van der Waals surface area contributed by atoms with Gasteiger partial charge in [0, 0.05) is 4.88 Å². The zero-order valence-corrected chi connectivity index (χ0v) is 18.7. The number of benzene rings is 1. The van der Waals surface area contributed by atoms with Crippen molar-refractivity contribution in [2.75, 3.05) is 5.75 Å². The molecule has 4 nitrogen and oxygen atoms in total. The summed E-state index contributed by atoms with van der Waals surface area (Å²) in [6.07, 6.45) is 4.30. The molecular formula is C23H20N2O2S3. The summed E-state index contributed by atoms with van der Waals surface area (Å²) >= 11 is 4.46. The van der Waals surface area contributed by atoms with Gasteiger partial charge in [-0.25, -0.2) is 4.98 Å². The van der Waals surface area contributed by atoms with Crippen LogP contribution >= 0.6 is 34.4 Å². The van der Waals surface area contributed by atoms with Crippen LogP contribution in [0.4, 0.5) is 0 Å². The minimum atomic E-state index is 0.0225. The molecule has 1 aromatic carbocycles. The third kappa shape index (κ3) is 3.77. The molecule has 0 aliphatic heterocycles. The molecule has 4 aromatic rings. The Bertz CT molecular complexity index is 1260. The number of fused-ring (bicyclic) bond motifs is 3. The molecule has 5 rings (SSSR count). The minimum absolute atomic E-state index is 0.0225. The van der Waals surface area contributed by atoms with Gasteiger partial charge in [-0.15, -0.1) is 22.7 Å². The van der Waals surface area contributed by atoms with E-state index in [9.17, 15) is 9.59 Å². The first-order valence-corrected chi connectivity index (χ1v) is 12.7. The molecule has 0 radical (unpaired) electrons. The van der Waals surface area contributed by atoms with Gasteiger partial charge in [0.25, 0.3) is 5.56 Å². The Labute approximate surface area is 186 Å². The number of nitrogens with zero attached hydrogens (tertiary/aromatic N) is 2. The van der Waals surface area contributed by atoms with Crippen molar-refractivity contribution < 1.29 is 4.79 Å². The summed E-state index contributed by atoms with van der Waals surface area (Å²) in [6, 6.07) is 13.7. The lowest BCUT2D eigenvalue weighted by Crippen LogP contribution is -2.24. The second-order valence-corrected chi connectivity index (χ2v) is 10.3. The highest BCUT2D eigenvalue weighted by Crippen LogP contribution is 2.35. The van der Waals surface area contributed by atoms with Gasteiger partial charge in [-0.2, -0.15) is 0 Å². The lowest BCUT2D eigenvalue weighted by molar-refractivity contribution is 0.102. The van der Waals surface area contributed by atoms with Crippen LogP contribution in [0.2, 0.25) is 0 Å². The summed E-state index contributed by atoms with van der Waals surface area (Å²) in [4.78, 5) is 33.9. The van der Waals surface area contributed by atoms with E-state index in [2.05, 4.69) is 0 Å². The number of carbonyl (C=O) groups excluding carboxylic acids is 1. The van der Waals surface area contributed by atoms with E-state index in [-0.39, 0.29) is 17.1 Å². The molecule has 0 amide bonds. The predicted octanol–water partition coefficient (Wildman–Crippen LogP) is 5.42. The van der Waals surface area contributed by atoms with Gasteiger partial charge < -0.3 is 0 Å². The minimum Gasteiger partial charge on any atom is -0.292 e. The standard InChI is InChI=1S/C23H20N2O2S3/c26-17(19-11-6-12-28-19)14-29-23-24-21-20(16-9-4-5-10-18(16)30-21)22(27)25(23)13-15-7-2-1-3-8-15/h1-3,6-8,11-12H,4-5,9-10,13-14H2. The summed E-state index contributed by atoms with van der Waals surface area (Å²) in [7, 11) is 0. The van der Waals surface area contributed by atoms with Crippen LogP contribution in [0.15, 0.2) is 57.8 Å². The van der Waals surface area contributed by atoms with Crippen molar-refractivity contribution in [3.8, 4) is 0 Å². The molecule has 7 heteroatoms. The van der Waals surface area contributed by atoms with Crippen LogP contribution in [0.5, 0.6) is 0 Å². The maximum atomic E-state index is 13.6. The maximum absolute atomic E-state index is 13.6. The molecule has 3 aromatic heterocycles. The van der Waals surface area contributed by atoms with Gasteiger partial charge >= 0.3 is 0 Å². The van der Waals surface area contributed by atoms with E-state index < -0.39 is 0 Å². The van der Waals surface area contributed by atoms with Gasteiger partial charge in [0.2, 0.25) is 0 Å². The third-order valence-electron chi connectivity index (χ3n) is 5.35. The normalized spacial score (nSPS) is 13.5. The number of thiophene rings is 2. The van der Waals surface area contributed by atoms with Crippen molar-refractivity contribution in [2.45, 2.75) is 37.4 Å². The fourth-order valence-electron chi connectivity index (χ4n) is 3.87. The summed E-state index contributed by atoms with van der Waals surface area (Å²) in [5.41, 5.74) is 2.28. The Morgan fingerprint density at radius 2 is 1.93 bits per heavy atom. The predicted molar refractivity (Wildman–Crippen MR) is 125 cm³/mol. The number of Topliss-reactive ketones (excluding diaryl/α,β-unsaturated/α-hetero) is 1. The molecule has 1 aliphatic carbocycles. The average molecular weight is 453 g/mol. The zero-order valence-electron chi connectivity index (χ0n) is 16.3. The van der Waals surface area contributed by atoms with Crippen LogP contribution in [0.25, 0.3) is 10.2 Å². The molecule has 0 saturated heterocycles. The van der Waals surface area contributed by atoms with Crippen molar-refractivity contribution in [1.29, 1.82) is 0 Å². The summed E-state index contributed by atoms with van der Waals surface area (Å²) in [5.74, 6) is 0.347. The van der Waals surface area contributed by atoms with Gasteiger partial charge in [0.05, 0.1) is 22.6 Å².